The molecule has 0 bridgehead atoms. The quantitative estimate of drug-likeness (QED) is 0.704. The summed E-state index contributed by atoms with van der Waals surface area (Å²) in [5.41, 5.74) is 5.95. The van der Waals surface area contributed by atoms with E-state index >= 15 is 0 Å². The Kier molecular flexibility index (Phi) is 2.73. The molecule has 18 heavy (non-hydrogen) atoms. The first kappa shape index (κ1) is 11.5. The summed E-state index contributed by atoms with van der Waals surface area (Å²) in [5, 5.41) is 0.860. The third-order valence-electron chi connectivity index (χ3n) is 4.25. The van der Waals surface area contributed by atoms with Crippen molar-refractivity contribution in [3.63, 3.8) is 0 Å². The Hall–Kier alpha value is -1.57. The molecule has 2 nitrogen and oxygen atoms in total. The first-order chi connectivity index (χ1) is 8.68. The number of nitrogens with one attached hydrogen (secondary N) is 1. The highest BCUT2D eigenvalue weighted by molar-refractivity contribution is 5.83. The van der Waals surface area contributed by atoms with Gasteiger partial charge < -0.3 is 4.98 Å². The van der Waals surface area contributed by atoms with Crippen LogP contribution >= 0.6 is 0 Å². The minimum absolute atomic E-state index is 0.253. The fourth-order valence-corrected chi connectivity index (χ4v) is 2.95. The number of rotatable bonds is 0. The Labute approximate surface area is 107 Å². The van der Waals surface area contributed by atoms with Gasteiger partial charge in [0.15, 0.2) is 5.43 Å². The molecule has 0 amide bonds. The van der Waals surface area contributed by atoms with E-state index in [-0.39, 0.29) is 5.43 Å². The standard InChI is InChI=1S/C16H19NO/c1-10-8-9-13-15(11(10)2)17-14-7-5-3-4-6-12(14)16(13)18/h8-9H,3-7H2,1-2H3,(H,17,18). The van der Waals surface area contributed by atoms with Crippen LogP contribution in [0.25, 0.3) is 10.9 Å². The van der Waals surface area contributed by atoms with Gasteiger partial charge in [0.05, 0.1) is 5.52 Å². The Morgan fingerprint density at radius 2 is 1.83 bits per heavy atom. The lowest BCUT2D eigenvalue weighted by atomic mass is 10.0. The van der Waals surface area contributed by atoms with Gasteiger partial charge in [-0.15, -0.1) is 0 Å². The molecule has 94 valence electrons. The van der Waals surface area contributed by atoms with Gasteiger partial charge in [0.25, 0.3) is 0 Å². The van der Waals surface area contributed by atoms with Gasteiger partial charge in [-0.2, -0.15) is 0 Å². The molecule has 1 aliphatic carbocycles. The fraction of sp³-hybridized carbons (Fsp3) is 0.438. The van der Waals surface area contributed by atoms with Crippen molar-refractivity contribution in [2.75, 3.05) is 0 Å². The van der Waals surface area contributed by atoms with Crippen molar-refractivity contribution < 1.29 is 0 Å². The summed E-state index contributed by atoms with van der Waals surface area (Å²) in [6.45, 7) is 4.19. The zero-order valence-corrected chi connectivity index (χ0v) is 11.1. The summed E-state index contributed by atoms with van der Waals surface area (Å²) < 4.78 is 0. The Bertz CT molecular complexity index is 667. The van der Waals surface area contributed by atoms with Crippen LogP contribution < -0.4 is 5.43 Å². The molecule has 2 aromatic rings. The van der Waals surface area contributed by atoms with Crippen molar-refractivity contribution in [3.8, 4) is 0 Å². The number of hydrogen-bond donors (Lipinski definition) is 1. The van der Waals surface area contributed by atoms with Gasteiger partial charge in [-0.25, -0.2) is 0 Å². The minimum Gasteiger partial charge on any atom is -0.358 e. The van der Waals surface area contributed by atoms with Crippen molar-refractivity contribution in [3.05, 3.63) is 44.7 Å². The number of H-pyrrole nitrogens is 1. The second kappa shape index (κ2) is 4.27. The Morgan fingerprint density at radius 3 is 2.67 bits per heavy atom. The van der Waals surface area contributed by atoms with Crippen molar-refractivity contribution in [2.45, 2.75) is 46.0 Å². The first-order valence-corrected chi connectivity index (χ1v) is 6.82. The molecule has 0 spiro atoms. The normalized spacial score (nSPS) is 15.4. The van der Waals surface area contributed by atoms with Gasteiger partial charge in [0.1, 0.15) is 0 Å². The molecule has 2 heteroatoms. The highest BCUT2D eigenvalue weighted by Crippen LogP contribution is 2.22. The lowest BCUT2D eigenvalue weighted by Gasteiger charge is -2.11. The molecule has 1 N–H and O–H groups in total. The summed E-state index contributed by atoms with van der Waals surface area (Å²) in [4.78, 5) is 16.1. The zero-order valence-electron chi connectivity index (χ0n) is 11.1. The molecule has 1 heterocycles. The van der Waals surface area contributed by atoms with E-state index in [4.69, 9.17) is 0 Å². The predicted octanol–water partition coefficient (Wildman–Crippen LogP) is 3.41. The number of pyridine rings is 1. The van der Waals surface area contributed by atoms with Gasteiger partial charge in [0, 0.05) is 16.6 Å². The smallest absolute Gasteiger partial charge is 0.192 e. The second-order valence-corrected chi connectivity index (χ2v) is 5.40. The summed E-state index contributed by atoms with van der Waals surface area (Å²) >= 11 is 0. The van der Waals surface area contributed by atoms with E-state index in [0.717, 1.165) is 35.7 Å². The number of fused-ring (bicyclic) bond motifs is 2. The Balaban J connectivity index is 2.38. The fourth-order valence-electron chi connectivity index (χ4n) is 2.95. The Morgan fingerprint density at radius 1 is 1.06 bits per heavy atom. The van der Waals surface area contributed by atoms with Crippen molar-refractivity contribution in [1.82, 2.24) is 4.98 Å². The van der Waals surface area contributed by atoms with Crippen LogP contribution in [0.15, 0.2) is 16.9 Å². The van der Waals surface area contributed by atoms with Gasteiger partial charge in [0.2, 0.25) is 0 Å². The lowest BCUT2D eigenvalue weighted by molar-refractivity contribution is 0.708. The van der Waals surface area contributed by atoms with Crippen LogP contribution in [0.3, 0.4) is 0 Å². The zero-order chi connectivity index (χ0) is 12.7. The maximum absolute atomic E-state index is 12.6. The number of hydrogen-bond acceptors (Lipinski definition) is 1. The van der Waals surface area contributed by atoms with E-state index < -0.39 is 0 Å². The first-order valence-electron chi connectivity index (χ1n) is 6.82. The van der Waals surface area contributed by atoms with Crippen molar-refractivity contribution in [1.29, 1.82) is 0 Å². The van der Waals surface area contributed by atoms with Crippen LogP contribution in [0.2, 0.25) is 0 Å². The van der Waals surface area contributed by atoms with Crippen LogP contribution in [-0.2, 0) is 12.8 Å². The molecule has 0 radical (unpaired) electrons. The molecule has 0 unspecified atom stereocenters. The maximum Gasteiger partial charge on any atom is 0.192 e. The number of aryl methyl sites for hydroxylation is 3. The minimum atomic E-state index is 0.253. The van der Waals surface area contributed by atoms with Gasteiger partial charge in [-0.05, 0) is 56.7 Å². The molecular weight excluding hydrogens is 222 g/mol. The van der Waals surface area contributed by atoms with Crippen molar-refractivity contribution >= 4 is 10.9 Å². The van der Waals surface area contributed by atoms with Gasteiger partial charge >= 0.3 is 0 Å². The summed E-state index contributed by atoms with van der Waals surface area (Å²) in [6.07, 6.45) is 5.53. The average Bonchev–Trinajstić information content (AvgIpc) is 2.60. The molecule has 1 aromatic heterocycles. The van der Waals surface area contributed by atoms with Crippen LogP contribution in [0.5, 0.6) is 0 Å². The molecule has 0 saturated carbocycles. The van der Waals surface area contributed by atoms with E-state index in [1.54, 1.807) is 0 Å². The molecule has 3 rings (SSSR count). The van der Waals surface area contributed by atoms with Crippen LogP contribution in [0.1, 0.15) is 41.6 Å². The van der Waals surface area contributed by atoms with Crippen LogP contribution in [0.4, 0.5) is 0 Å². The van der Waals surface area contributed by atoms with Gasteiger partial charge in [-0.1, -0.05) is 12.5 Å². The molecule has 1 aliphatic rings. The van der Waals surface area contributed by atoms with E-state index in [9.17, 15) is 4.79 Å². The van der Waals surface area contributed by atoms with Crippen molar-refractivity contribution in [2.24, 2.45) is 0 Å². The molecule has 0 atom stereocenters. The number of benzene rings is 1. The van der Waals surface area contributed by atoms with E-state index in [1.165, 1.54) is 29.7 Å². The third kappa shape index (κ3) is 1.67. The summed E-state index contributed by atoms with van der Waals surface area (Å²) in [5.74, 6) is 0. The third-order valence-corrected chi connectivity index (χ3v) is 4.25. The molecular formula is C16H19NO. The highest BCUT2D eigenvalue weighted by atomic mass is 16.1. The molecule has 0 saturated heterocycles. The molecule has 0 fully saturated rings. The number of aromatic nitrogens is 1. The van der Waals surface area contributed by atoms with E-state index in [2.05, 4.69) is 24.9 Å². The van der Waals surface area contributed by atoms with Gasteiger partial charge in [-0.3, -0.25) is 4.79 Å². The summed E-state index contributed by atoms with van der Waals surface area (Å²) in [7, 11) is 0. The largest absolute Gasteiger partial charge is 0.358 e. The predicted molar refractivity (Wildman–Crippen MR) is 75.3 cm³/mol. The highest BCUT2D eigenvalue weighted by Gasteiger charge is 2.15. The SMILES string of the molecule is Cc1ccc2c(=O)c3c([nH]c2c1C)CCCCC3. The van der Waals surface area contributed by atoms with E-state index in [0.29, 0.717) is 0 Å². The average molecular weight is 241 g/mol. The maximum atomic E-state index is 12.6. The van der Waals surface area contributed by atoms with Crippen LogP contribution in [0, 0.1) is 13.8 Å². The van der Waals surface area contributed by atoms with Crippen LogP contribution in [-0.4, -0.2) is 4.98 Å². The molecule has 1 aromatic carbocycles. The topological polar surface area (TPSA) is 32.9 Å². The number of aromatic amines is 1. The molecule has 0 aliphatic heterocycles. The monoisotopic (exact) mass is 241 g/mol. The summed E-state index contributed by atoms with van der Waals surface area (Å²) in [6, 6.07) is 4.03. The lowest BCUT2D eigenvalue weighted by Crippen LogP contribution is -2.14. The van der Waals surface area contributed by atoms with E-state index in [1.807, 2.05) is 6.07 Å². The second-order valence-electron chi connectivity index (χ2n) is 5.40.